The van der Waals surface area contributed by atoms with Gasteiger partial charge in [0, 0.05) is 31.0 Å². The lowest BCUT2D eigenvalue weighted by Crippen LogP contribution is -2.43. The van der Waals surface area contributed by atoms with Crippen LogP contribution in [-0.2, 0) is 11.3 Å². The van der Waals surface area contributed by atoms with Gasteiger partial charge in [0.15, 0.2) is 0 Å². The molecule has 1 N–H and O–H groups in total. The highest BCUT2D eigenvalue weighted by Crippen LogP contribution is 2.28. The predicted molar refractivity (Wildman–Crippen MR) is 92.6 cm³/mol. The minimum absolute atomic E-state index is 0.0106. The third-order valence-electron chi connectivity index (χ3n) is 4.95. The number of benzene rings is 1. The molecule has 2 aromatic rings. The molecular weight excluding hydrogens is 340 g/mol. The number of aromatic nitrogens is 2. The first kappa shape index (κ1) is 18.5. The second-order valence-electron chi connectivity index (χ2n) is 6.77. The van der Waals surface area contributed by atoms with Gasteiger partial charge in [-0.2, -0.15) is 5.10 Å². The number of aromatic amines is 1. The van der Waals surface area contributed by atoms with Crippen LogP contribution in [0.2, 0.25) is 0 Å². The van der Waals surface area contributed by atoms with Crippen molar-refractivity contribution in [2.75, 3.05) is 7.11 Å². The van der Waals surface area contributed by atoms with Crippen molar-refractivity contribution in [2.24, 2.45) is 0 Å². The van der Waals surface area contributed by atoms with Crippen LogP contribution in [0.25, 0.3) is 0 Å². The van der Waals surface area contributed by atoms with E-state index in [1.54, 1.807) is 18.1 Å². The van der Waals surface area contributed by atoms with E-state index in [1.165, 1.54) is 0 Å². The molecule has 1 amide bonds. The molecule has 0 radical (unpaired) electrons. The number of halogens is 2. The second-order valence-corrected chi connectivity index (χ2v) is 6.77. The molecule has 0 aliphatic heterocycles. The first-order valence-corrected chi connectivity index (χ1v) is 8.77. The summed E-state index contributed by atoms with van der Waals surface area (Å²) in [6.45, 7) is 1.82. The zero-order chi connectivity index (χ0) is 18.7. The minimum atomic E-state index is -0.521. The predicted octanol–water partition coefficient (Wildman–Crippen LogP) is 3.60. The van der Waals surface area contributed by atoms with Gasteiger partial charge in [-0.25, -0.2) is 8.78 Å². The van der Waals surface area contributed by atoms with Gasteiger partial charge >= 0.3 is 0 Å². The molecule has 1 aromatic heterocycles. The van der Waals surface area contributed by atoms with Crippen molar-refractivity contribution in [3.05, 3.63) is 52.9 Å². The number of ether oxygens (including phenoxy) is 1. The number of methoxy groups -OCH3 is 1. The maximum Gasteiger partial charge on any atom is 0.274 e. The van der Waals surface area contributed by atoms with Crippen LogP contribution in [0.1, 0.15) is 47.4 Å². The largest absolute Gasteiger partial charge is 0.381 e. The van der Waals surface area contributed by atoms with Gasteiger partial charge in [-0.3, -0.25) is 9.89 Å². The van der Waals surface area contributed by atoms with Gasteiger partial charge in [-0.1, -0.05) is 0 Å². The van der Waals surface area contributed by atoms with Crippen LogP contribution >= 0.6 is 0 Å². The highest BCUT2D eigenvalue weighted by molar-refractivity contribution is 5.92. The summed E-state index contributed by atoms with van der Waals surface area (Å²) >= 11 is 0. The Bertz CT molecular complexity index is 770. The third kappa shape index (κ3) is 4.09. The fourth-order valence-corrected chi connectivity index (χ4v) is 3.48. The van der Waals surface area contributed by atoms with Crippen molar-refractivity contribution in [1.29, 1.82) is 0 Å². The first-order chi connectivity index (χ1) is 12.5. The van der Waals surface area contributed by atoms with Crippen LogP contribution in [-0.4, -0.2) is 40.3 Å². The Kier molecular flexibility index (Phi) is 5.66. The first-order valence-electron chi connectivity index (χ1n) is 8.77. The van der Waals surface area contributed by atoms with Gasteiger partial charge in [0.1, 0.15) is 17.3 Å². The van der Waals surface area contributed by atoms with E-state index in [-0.39, 0.29) is 35.9 Å². The lowest BCUT2D eigenvalue weighted by Gasteiger charge is -2.36. The van der Waals surface area contributed by atoms with Gasteiger partial charge in [-0.15, -0.1) is 0 Å². The standard InChI is InChI=1S/C19H23F2N3O2/c1-12-9-18(23-22-12)19(25)24(15-4-6-16(26-2)7-5-15)11-13-10-14(20)3-8-17(13)21/h3,8-10,15-16H,4-7,11H2,1-2H3,(H,22,23). The smallest absolute Gasteiger partial charge is 0.274 e. The van der Waals surface area contributed by atoms with Crippen molar-refractivity contribution in [2.45, 2.75) is 51.3 Å². The molecule has 26 heavy (non-hydrogen) atoms. The van der Waals surface area contributed by atoms with Crippen molar-refractivity contribution in [3.8, 4) is 0 Å². The van der Waals surface area contributed by atoms with Crippen LogP contribution in [0.15, 0.2) is 24.3 Å². The lowest BCUT2D eigenvalue weighted by molar-refractivity contribution is 0.0308. The number of rotatable bonds is 5. The van der Waals surface area contributed by atoms with E-state index >= 15 is 0 Å². The van der Waals surface area contributed by atoms with Crippen LogP contribution in [0, 0.1) is 18.6 Å². The van der Waals surface area contributed by atoms with Gasteiger partial charge in [0.2, 0.25) is 0 Å². The Balaban J connectivity index is 1.86. The Morgan fingerprint density at radius 1 is 1.27 bits per heavy atom. The Labute approximate surface area is 151 Å². The van der Waals surface area contributed by atoms with Crippen LogP contribution in [0.3, 0.4) is 0 Å². The molecule has 1 saturated carbocycles. The van der Waals surface area contributed by atoms with E-state index < -0.39 is 11.6 Å². The Hall–Kier alpha value is -2.28. The summed E-state index contributed by atoms with van der Waals surface area (Å²) in [6, 6.07) is 4.91. The van der Waals surface area contributed by atoms with Gasteiger partial charge in [0.05, 0.1) is 6.10 Å². The number of carbonyl (C=O) groups is 1. The molecule has 0 spiro atoms. The number of aryl methyl sites for hydroxylation is 1. The zero-order valence-corrected chi connectivity index (χ0v) is 15.0. The normalized spacial score (nSPS) is 20.2. The van der Waals surface area contributed by atoms with E-state index in [0.717, 1.165) is 49.6 Å². The topological polar surface area (TPSA) is 58.2 Å². The number of nitrogens with zero attached hydrogens (tertiary/aromatic N) is 2. The number of nitrogens with one attached hydrogen (secondary N) is 1. The Morgan fingerprint density at radius 3 is 2.62 bits per heavy atom. The Morgan fingerprint density at radius 2 is 2.00 bits per heavy atom. The summed E-state index contributed by atoms with van der Waals surface area (Å²) in [6.07, 6.45) is 3.35. The summed E-state index contributed by atoms with van der Waals surface area (Å²) in [5, 5.41) is 6.79. The molecule has 5 nitrogen and oxygen atoms in total. The average Bonchev–Trinajstić information content (AvgIpc) is 3.08. The monoisotopic (exact) mass is 363 g/mol. The molecule has 7 heteroatoms. The zero-order valence-electron chi connectivity index (χ0n) is 15.0. The fraction of sp³-hybridized carbons (Fsp3) is 0.474. The van der Waals surface area contributed by atoms with E-state index in [9.17, 15) is 13.6 Å². The molecule has 0 saturated heterocycles. The van der Waals surface area contributed by atoms with Crippen molar-refractivity contribution in [3.63, 3.8) is 0 Å². The molecule has 1 aliphatic carbocycles. The van der Waals surface area contributed by atoms with E-state index in [1.807, 2.05) is 6.92 Å². The molecule has 1 fully saturated rings. The van der Waals surface area contributed by atoms with Crippen LogP contribution in [0.5, 0.6) is 0 Å². The van der Waals surface area contributed by atoms with E-state index in [4.69, 9.17) is 4.74 Å². The van der Waals surface area contributed by atoms with Crippen molar-refractivity contribution < 1.29 is 18.3 Å². The number of hydrogen-bond donors (Lipinski definition) is 1. The quantitative estimate of drug-likeness (QED) is 0.883. The van der Waals surface area contributed by atoms with Gasteiger partial charge in [0.25, 0.3) is 5.91 Å². The number of carbonyl (C=O) groups excluding carboxylic acids is 1. The average molecular weight is 363 g/mol. The van der Waals surface area contributed by atoms with Crippen LogP contribution < -0.4 is 0 Å². The summed E-state index contributed by atoms with van der Waals surface area (Å²) < 4.78 is 33.1. The van der Waals surface area contributed by atoms with E-state index in [0.29, 0.717) is 0 Å². The molecule has 3 rings (SSSR count). The molecule has 140 valence electrons. The maximum atomic E-state index is 14.1. The van der Waals surface area contributed by atoms with Crippen LogP contribution in [0.4, 0.5) is 8.78 Å². The van der Waals surface area contributed by atoms with Crippen molar-refractivity contribution in [1.82, 2.24) is 15.1 Å². The van der Waals surface area contributed by atoms with Gasteiger partial charge in [-0.05, 0) is 56.9 Å². The fourth-order valence-electron chi connectivity index (χ4n) is 3.48. The number of H-pyrrole nitrogens is 1. The highest BCUT2D eigenvalue weighted by Gasteiger charge is 2.31. The molecule has 1 aliphatic rings. The summed E-state index contributed by atoms with van der Waals surface area (Å²) in [4.78, 5) is 14.6. The molecular formula is C19H23F2N3O2. The molecule has 0 unspecified atom stereocenters. The summed E-state index contributed by atoms with van der Waals surface area (Å²) in [7, 11) is 1.68. The van der Waals surface area contributed by atoms with E-state index in [2.05, 4.69) is 10.2 Å². The number of amides is 1. The summed E-state index contributed by atoms with van der Waals surface area (Å²) in [5.41, 5.74) is 1.22. The minimum Gasteiger partial charge on any atom is -0.381 e. The molecule has 1 aromatic carbocycles. The van der Waals surface area contributed by atoms with Gasteiger partial charge < -0.3 is 9.64 Å². The number of hydrogen-bond acceptors (Lipinski definition) is 3. The molecule has 1 heterocycles. The lowest BCUT2D eigenvalue weighted by atomic mass is 9.91. The SMILES string of the molecule is COC1CCC(N(Cc2cc(F)ccc2F)C(=O)c2cc(C)[nH]n2)CC1. The van der Waals surface area contributed by atoms with Crippen molar-refractivity contribution >= 4 is 5.91 Å². The summed E-state index contributed by atoms with van der Waals surface area (Å²) in [5.74, 6) is -1.32. The molecule has 0 bridgehead atoms. The third-order valence-corrected chi connectivity index (χ3v) is 4.95. The maximum absolute atomic E-state index is 14.1. The highest BCUT2D eigenvalue weighted by atomic mass is 19.1. The molecule has 0 atom stereocenters. The second kappa shape index (κ2) is 7.95.